The van der Waals surface area contributed by atoms with E-state index >= 15 is 0 Å². The number of phenols is 1. The Bertz CT molecular complexity index is 1000. The van der Waals surface area contributed by atoms with Crippen molar-refractivity contribution in [2.75, 3.05) is 5.32 Å². The molecule has 0 aliphatic carbocycles. The quantitative estimate of drug-likeness (QED) is 0.602. The summed E-state index contributed by atoms with van der Waals surface area (Å²) in [7, 11) is 0. The fourth-order valence-electron chi connectivity index (χ4n) is 2.65. The summed E-state index contributed by atoms with van der Waals surface area (Å²) in [5, 5.41) is 12.9. The molecule has 0 spiro atoms. The number of nitrogens with one attached hydrogen (secondary N) is 1. The van der Waals surface area contributed by atoms with Crippen molar-refractivity contribution in [1.29, 1.82) is 0 Å². The Balaban J connectivity index is 1.72. The second-order valence-electron chi connectivity index (χ2n) is 6.11. The molecule has 0 radical (unpaired) electrons. The van der Waals surface area contributed by atoms with E-state index in [0.29, 0.717) is 5.69 Å². The third-order valence-electron chi connectivity index (χ3n) is 4.10. The Labute approximate surface area is 167 Å². The molecule has 0 fully saturated rings. The van der Waals surface area contributed by atoms with Crippen LogP contribution in [0.1, 0.15) is 17.3 Å². The first-order valence-corrected chi connectivity index (χ1v) is 8.98. The van der Waals surface area contributed by atoms with Gasteiger partial charge in [0.1, 0.15) is 11.3 Å². The number of anilines is 1. The molecule has 0 aromatic heterocycles. The average molecular weight is 396 g/mol. The first-order chi connectivity index (χ1) is 13.5. The SMILES string of the molecule is CC(OC(=O)c1ccc(Cl)cc1O)C(=O)Nc1ccccc1-c1ccccc1. The maximum Gasteiger partial charge on any atom is 0.342 e. The van der Waals surface area contributed by atoms with Crippen molar-refractivity contribution < 1.29 is 19.4 Å². The van der Waals surface area contributed by atoms with Gasteiger partial charge in [0.2, 0.25) is 0 Å². The summed E-state index contributed by atoms with van der Waals surface area (Å²) >= 11 is 5.76. The van der Waals surface area contributed by atoms with Crippen molar-refractivity contribution in [3.05, 3.63) is 83.4 Å². The molecule has 0 aliphatic heterocycles. The Morgan fingerprint density at radius 1 is 1.00 bits per heavy atom. The Morgan fingerprint density at radius 2 is 1.68 bits per heavy atom. The molecular formula is C22H18ClNO4. The van der Waals surface area contributed by atoms with Crippen molar-refractivity contribution in [1.82, 2.24) is 0 Å². The molecule has 0 saturated heterocycles. The zero-order valence-electron chi connectivity index (χ0n) is 15.1. The van der Waals surface area contributed by atoms with Crippen molar-refractivity contribution in [2.45, 2.75) is 13.0 Å². The van der Waals surface area contributed by atoms with Crippen LogP contribution < -0.4 is 5.32 Å². The van der Waals surface area contributed by atoms with E-state index in [1.807, 2.05) is 48.5 Å². The lowest BCUT2D eigenvalue weighted by atomic mass is 10.0. The Kier molecular flexibility index (Phi) is 5.96. The van der Waals surface area contributed by atoms with E-state index in [0.717, 1.165) is 11.1 Å². The minimum atomic E-state index is -1.06. The van der Waals surface area contributed by atoms with E-state index in [9.17, 15) is 14.7 Å². The van der Waals surface area contributed by atoms with Crippen LogP contribution in [0.2, 0.25) is 5.02 Å². The van der Waals surface area contributed by atoms with Crippen LogP contribution in [0.15, 0.2) is 72.8 Å². The molecule has 5 nitrogen and oxygen atoms in total. The average Bonchev–Trinajstić information content (AvgIpc) is 2.69. The summed E-state index contributed by atoms with van der Waals surface area (Å²) < 4.78 is 5.18. The van der Waals surface area contributed by atoms with E-state index in [2.05, 4.69) is 5.32 Å². The number of para-hydroxylation sites is 1. The summed E-state index contributed by atoms with van der Waals surface area (Å²) in [5.41, 5.74) is 2.35. The van der Waals surface area contributed by atoms with Crippen molar-refractivity contribution in [3.8, 4) is 16.9 Å². The molecule has 2 N–H and O–H groups in total. The predicted molar refractivity (Wildman–Crippen MR) is 109 cm³/mol. The minimum Gasteiger partial charge on any atom is -0.507 e. The van der Waals surface area contributed by atoms with Gasteiger partial charge in [0.05, 0.1) is 0 Å². The number of halogens is 1. The molecule has 0 saturated carbocycles. The van der Waals surface area contributed by atoms with E-state index in [1.54, 1.807) is 6.07 Å². The van der Waals surface area contributed by atoms with Gasteiger partial charge in [0.25, 0.3) is 5.91 Å². The fraction of sp³-hybridized carbons (Fsp3) is 0.0909. The van der Waals surface area contributed by atoms with Crippen LogP contribution in [0, 0.1) is 0 Å². The Morgan fingerprint density at radius 3 is 2.39 bits per heavy atom. The zero-order chi connectivity index (χ0) is 20.1. The van der Waals surface area contributed by atoms with Crippen molar-refractivity contribution in [3.63, 3.8) is 0 Å². The number of carbonyl (C=O) groups is 2. The van der Waals surface area contributed by atoms with E-state index in [-0.39, 0.29) is 16.3 Å². The molecular weight excluding hydrogens is 378 g/mol. The number of hydrogen-bond acceptors (Lipinski definition) is 4. The lowest BCUT2D eigenvalue weighted by molar-refractivity contribution is -0.123. The maximum atomic E-state index is 12.5. The summed E-state index contributed by atoms with van der Waals surface area (Å²) in [6, 6.07) is 21.0. The van der Waals surface area contributed by atoms with Crippen LogP contribution in [0.4, 0.5) is 5.69 Å². The second kappa shape index (κ2) is 8.59. The van der Waals surface area contributed by atoms with Crippen molar-refractivity contribution in [2.24, 2.45) is 0 Å². The third kappa shape index (κ3) is 4.50. The molecule has 1 atom stereocenters. The van der Waals surface area contributed by atoms with Crippen LogP contribution in [0.5, 0.6) is 5.75 Å². The number of carbonyl (C=O) groups excluding carboxylic acids is 2. The maximum absolute atomic E-state index is 12.5. The van der Waals surface area contributed by atoms with Gasteiger partial charge in [-0.2, -0.15) is 0 Å². The van der Waals surface area contributed by atoms with Crippen molar-refractivity contribution >= 4 is 29.2 Å². The number of rotatable bonds is 5. The van der Waals surface area contributed by atoms with Crippen LogP contribution in [-0.4, -0.2) is 23.1 Å². The summed E-state index contributed by atoms with van der Waals surface area (Å²) in [5.74, 6) is -1.60. The molecule has 28 heavy (non-hydrogen) atoms. The number of benzene rings is 3. The smallest absolute Gasteiger partial charge is 0.342 e. The number of aromatic hydroxyl groups is 1. The highest BCUT2D eigenvalue weighted by atomic mass is 35.5. The molecule has 3 rings (SSSR count). The Hall–Kier alpha value is -3.31. The van der Waals surface area contributed by atoms with E-state index in [4.69, 9.17) is 16.3 Å². The highest BCUT2D eigenvalue weighted by Gasteiger charge is 2.22. The number of esters is 1. The van der Waals surface area contributed by atoms with Gasteiger partial charge in [-0.25, -0.2) is 4.79 Å². The summed E-state index contributed by atoms with van der Waals surface area (Å²) in [4.78, 5) is 24.8. The van der Waals surface area contributed by atoms with Gasteiger partial charge in [0.15, 0.2) is 6.10 Å². The second-order valence-corrected chi connectivity index (χ2v) is 6.55. The molecule has 6 heteroatoms. The molecule has 3 aromatic rings. The van der Waals surface area contributed by atoms with Gasteiger partial charge < -0.3 is 15.2 Å². The largest absolute Gasteiger partial charge is 0.507 e. The van der Waals surface area contributed by atoms with Gasteiger partial charge in [-0.1, -0.05) is 60.1 Å². The van der Waals surface area contributed by atoms with Gasteiger partial charge in [0, 0.05) is 16.3 Å². The van der Waals surface area contributed by atoms with Crippen LogP contribution in [-0.2, 0) is 9.53 Å². The normalized spacial score (nSPS) is 11.5. The number of phenolic OH excluding ortho intramolecular Hbond substituents is 1. The topological polar surface area (TPSA) is 75.6 Å². The molecule has 1 amide bonds. The number of ether oxygens (including phenoxy) is 1. The summed E-state index contributed by atoms with van der Waals surface area (Å²) in [6.07, 6.45) is -1.06. The molecule has 0 bridgehead atoms. The molecule has 142 valence electrons. The van der Waals surface area contributed by atoms with Gasteiger partial charge in [-0.3, -0.25) is 4.79 Å². The molecule has 0 aliphatic rings. The third-order valence-corrected chi connectivity index (χ3v) is 4.34. The lowest BCUT2D eigenvalue weighted by Crippen LogP contribution is -2.30. The first-order valence-electron chi connectivity index (χ1n) is 8.60. The summed E-state index contributed by atoms with van der Waals surface area (Å²) in [6.45, 7) is 1.46. The zero-order valence-corrected chi connectivity index (χ0v) is 15.8. The number of amides is 1. The first kappa shape index (κ1) is 19.5. The highest BCUT2D eigenvalue weighted by molar-refractivity contribution is 6.30. The fourth-order valence-corrected chi connectivity index (χ4v) is 2.82. The lowest BCUT2D eigenvalue weighted by Gasteiger charge is -2.16. The van der Waals surface area contributed by atoms with Gasteiger partial charge >= 0.3 is 5.97 Å². The van der Waals surface area contributed by atoms with Crippen LogP contribution >= 0.6 is 11.6 Å². The van der Waals surface area contributed by atoms with Gasteiger partial charge in [-0.05, 0) is 36.8 Å². The molecule has 1 unspecified atom stereocenters. The number of hydrogen-bond donors (Lipinski definition) is 2. The monoisotopic (exact) mass is 395 g/mol. The van der Waals surface area contributed by atoms with Crippen LogP contribution in [0.3, 0.4) is 0 Å². The standard InChI is InChI=1S/C22H18ClNO4/c1-14(28-22(27)18-12-11-16(23)13-20(18)25)21(26)24-19-10-6-5-9-17(19)15-7-3-2-4-8-15/h2-14,25H,1H3,(H,24,26). The van der Waals surface area contributed by atoms with E-state index in [1.165, 1.54) is 25.1 Å². The molecule has 3 aromatic carbocycles. The van der Waals surface area contributed by atoms with Crippen LogP contribution in [0.25, 0.3) is 11.1 Å². The molecule has 0 heterocycles. The highest BCUT2D eigenvalue weighted by Crippen LogP contribution is 2.28. The van der Waals surface area contributed by atoms with E-state index < -0.39 is 18.0 Å². The predicted octanol–water partition coefficient (Wildman–Crippen LogP) is 4.90. The minimum absolute atomic E-state index is 0.0614. The van der Waals surface area contributed by atoms with Gasteiger partial charge in [-0.15, -0.1) is 0 Å².